The molecule has 0 aliphatic heterocycles. The summed E-state index contributed by atoms with van der Waals surface area (Å²) in [6.07, 6.45) is 0. The van der Waals surface area contributed by atoms with Gasteiger partial charge in [-0.15, -0.1) is 0 Å². The third-order valence-electron chi connectivity index (χ3n) is 1.07. The van der Waals surface area contributed by atoms with Gasteiger partial charge < -0.3 is 9.79 Å². The number of benzene rings is 1. The van der Waals surface area contributed by atoms with E-state index in [1.54, 1.807) is 0 Å². The Kier molecular flexibility index (Phi) is 23.1. The first kappa shape index (κ1) is 23.6. The van der Waals surface area contributed by atoms with Crippen LogP contribution in [0.4, 0.5) is 0 Å². The van der Waals surface area contributed by atoms with Crippen molar-refractivity contribution in [1.82, 2.24) is 0 Å². The summed E-state index contributed by atoms with van der Waals surface area (Å²) in [5, 5.41) is 0. The van der Waals surface area contributed by atoms with Crippen LogP contribution in [0.5, 0.6) is 0 Å². The smallest absolute Gasteiger partial charge is 0.563 e. The second-order valence-electron chi connectivity index (χ2n) is 2.18. The van der Waals surface area contributed by atoms with Crippen molar-refractivity contribution in [2.75, 3.05) is 0 Å². The van der Waals surface area contributed by atoms with Crippen LogP contribution in [0, 0.1) is 6.92 Å². The average Bonchev–Trinajstić information content (AvgIpc) is 2.03. The second kappa shape index (κ2) is 15.6. The molecule has 2 unspecified atom stereocenters. The molecule has 1 rings (SSSR count). The van der Waals surface area contributed by atoms with E-state index >= 15 is 0 Å². The van der Waals surface area contributed by atoms with Crippen LogP contribution >= 0.6 is 16.5 Å². The summed E-state index contributed by atoms with van der Waals surface area (Å²) < 4.78 is 21.6. The Morgan fingerprint density at radius 2 is 1.38 bits per heavy atom. The normalized spacial score (nSPS) is 9.69. The van der Waals surface area contributed by atoms with Gasteiger partial charge in [-0.1, -0.05) is 35.9 Å². The van der Waals surface area contributed by atoms with Crippen LogP contribution in [0.3, 0.4) is 0 Å². The summed E-state index contributed by atoms with van der Waals surface area (Å²) in [6, 6.07) is 10.3. The standard InChI is InChI=1S/C7H8.2K.O5P2/c1-7-5-3-2-4-6-7;;;1-6(2)5-7(3)4/h2-6H,1H3;;;/q;2*+1;. The maximum atomic E-state index is 9.24. The van der Waals surface area contributed by atoms with E-state index in [2.05, 4.69) is 23.4 Å². The fourth-order valence-corrected chi connectivity index (χ4v) is 1.02. The van der Waals surface area contributed by atoms with Gasteiger partial charge in [0.25, 0.3) is 0 Å². The second-order valence-corrected chi connectivity index (χ2v) is 3.73. The van der Waals surface area contributed by atoms with E-state index in [1.807, 2.05) is 18.2 Å². The average molecular weight is 312 g/mol. The van der Waals surface area contributed by atoms with Crippen molar-refractivity contribution in [2.45, 2.75) is 6.92 Å². The Hall–Kier alpha value is 2.57. The van der Waals surface area contributed by atoms with Crippen LogP contribution in [0.25, 0.3) is 0 Å². The number of hydrogen-bond donors (Lipinski definition) is 0. The summed E-state index contributed by atoms with van der Waals surface area (Å²) in [5.74, 6) is 0. The minimum Gasteiger partial charge on any atom is -0.563 e. The van der Waals surface area contributed by atoms with Crippen molar-refractivity contribution >= 4 is 16.5 Å². The van der Waals surface area contributed by atoms with Crippen molar-refractivity contribution in [1.29, 1.82) is 0 Å². The van der Waals surface area contributed by atoms with Gasteiger partial charge in [-0.2, -0.15) is 0 Å². The van der Waals surface area contributed by atoms with Crippen LogP contribution in [-0.2, 0) is 13.4 Å². The Morgan fingerprint density at radius 1 is 1.00 bits per heavy atom. The first-order valence-corrected chi connectivity index (χ1v) is 5.70. The number of hydrogen-bond acceptors (Lipinski definition) is 5. The summed E-state index contributed by atoms with van der Waals surface area (Å²) >= 11 is 0. The third kappa shape index (κ3) is 18.9. The molecule has 2 atom stereocenters. The van der Waals surface area contributed by atoms with Gasteiger partial charge in [0, 0.05) is 0 Å². The Balaban J connectivity index is -0.000000188. The molecule has 0 heterocycles. The molecular weight excluding hydrogens is 304 g/mol. The van der Waals surface area contributed by atoms with Gasteiger partial charge in [-0.05, 0) is 16.1 Å². The monoisotopic (exact) mass is 312 g/mol. The third-order valence-corrected chi connectivity index (χ3v) is 2.14. The molecule has 0 amide bonds. The molecule has 0 saturated heterocycles. The topological polar surface area (TPSA) is 89.5 Å². The van der Waals surface area contributed by atoms with Crippen molar-refractivity contribution in [3.63, 3.8) is 0 Å². The Labute approximate surface area is 181 Å². The molecule has 0 radical (unpaired) electrons. The number of aryl methyl sites for hydroxylation is 1. The van der Waals surface area contributed by atoms with Gasteiger partial charge in [0.15, 0.2) is 0 Å². The molecule has 1 aromatic carbocycles. The molecule has 0 bridgehead atoms. The SMILES string of the molecule is Cc1ccccc1.O=[P+]([O-])O[P+](=O)[O-].[K+].[K+]. The summed E-state index contributed by atoms with van der Waals surface area (Å²) in [7, 11) is -6.47. The van der Waals surface area contributed by atoms with E-state index in [-0.39, 0.29) is 103 Å². The van der Waals surface area contributed by atoms with Crippen LogP contribution < -0.4 is 113 Å². The molecule has 16 heavy (non-hydrogen) atoms. The first-order chi connectivity index (χ1) is 6.52. The quantitative estimate of drug-likeness (QED) is 0.403. The molecule has 0 aromatic heterocycles. The van der Waals surface area contributed by atoms with Gasteiger partial charge >= 0.3 is 119 Å². The van der Waals surface area contributed by atoms with Gasteiger partial charge in [-0.3, -0.25) is 0 Å². The van der Waals surface area contributed by atoms with E-state index in [9.17, 15) is 18.9 Å². The minimum atomic E-state index is -3.24. The minimum absolute atomic E-state index is 0. The molecule has 0 fully saturated rings. The van der Waals surface area contributed by atoms with E-state index in [0.29, 0.717) is 0 Å². The van der Waals surface area contributed by atoms with E-state index in [4.69, 9.17) is 0 Å². The predicted octanol–water partition coefficient (Wildman–Crippen LogP) is -4.96. The molecule has 1 aromatic rings. The molecule has 9 heteroatoms. The van der Waals surface area contributed by atoms with Crippen LogP contribution in [0.15, 0.2) is 30.3 Å². The zero-order valence-corrected chi connectivity index (χ0v) is 17.4. The van der Waals surface area contributed by atoms with E-state index in [1.165, 1.54) is 5.56 Å². The molecule has 0 N–H and O–H groups in total. The van der Waals surface area contributed by atoms with Crippen LogP contribution in [-0.4, -0.2) is 0 Å². The Morgan fingerprint density at radius 3 is 1.50 bits per heavy atom. The van der Waals surface area contributed by atoms with Crippen LogP contribution in [0.1, 0.15) is 5.56 Å². The van der Waals surface area contributed by atoms with E-state index in [0.717, 1.165) is 0 Å². The predicted molar refractivity (Wildman–Crippen MR) is 47.5 cm³/mol. The number of rotatable bonds is 2. The largest absolute Gasteiger partial charge is 1.00 e. The first-order valence-electron chi connectivity index (χ1n) is 3.51. The molecule has 5 nitrogen and oxygen atoms in total. The maximum absolute atomic E-state index is 9.24. The summed E-state index contributed by atoms with van der Waals surface area (Å²) in [4.78, 5) is 18.5. The zero-order valence-electron chi connectivity index (χ0n) is 9.32. The van der Waals surface area contributed by atoms with Gasteiger partial charge in [0.2, 0.25) is 0 Å². The van der Waals surface area contributed by atoms with Crippen molar-refractivity contribution in [3.8, 4) is 0 Å². The van der Waals surface area contributed by atoms with Crippen LogP contribution in [0.2, 0.25) is 0 Å². The maximum Gasteiger partial charge on any atom is 1.00 e. The molecule has 76 valence electrons. The molecule has 0 spiro atoms. The Bertz CT molecular complexity index is 297. The van der Waals surface area contributed by atoms with Crippen molar-refractivity contribution < 1.29 is 126 Å². The fraction of sp³-hybridized carbons (Fsp3) is 0.143. The van der Waals surface area contributed by atoms with E-state index < -0.39 is 16.5 Å². The fourth-order valence-electron chi connectivity index (χ4n) is 0.589. The molecule has 0 aliphatic rings. The van der Waals surface area contributed by atoms with Crippen molar-refractivity contribution in [2.24, 2.45) is 0 Å². The summed E-state index contributed by atoms with van der Waals surface area (Å²) in [6.45, 7) is 2.08. The summed E-state index contributed by atoms with van der Waals surface area (Å²) in [5.41, 5.74) is 1.32. The van der Waals surface area contributed by atoms with Crippen molar-refractivity contribution in [3.05, 3.63) is 35.9 Å². The molecule has 0 saturated carbocycles. The molecule has 0 aliphatic carbocycles. The van der Waals surface area contributed by atoms with Gasteiger partial charge in [0.1, 0.15) is 4.31 Å². The van der Waals surface area contributed by atoms with Gasteiger partial charge in [0.05, 0.1) is 0 Å². The zero-order chi connectivity index (χ0) is 11.0. The molecular formula is C7H8K2O5P2+2. The van der Waals surface area contributed by atoms with Gasteiger partial charge in [-0.25, -0.2) is 0 Å².